The average molecular weight is 357 g/mol. The van der Waals surface area contributed by atoms with E-state index in [-0.39, 0.29) is 16.6 Å². The minimum atomic E-state index is -0.377. The first-order valence-corrected chi connectivity index (χ1v) is 6.99. The highest BCUT2D eigenvalue weighted by Crippen LogP contribution is 2.23. The fraction of sp³-hybridized carbons (Fsp3) is 0.154. The van der Waals surface area contributed by atoms with Gasteiger partial charge >= 0.3 is 0 Å². The summed E-state index contributed by atoms with van der Waals surface area (Å²) in [5, 5.41) is 2.84. The van der Waals surface area contributed by atoms with Gasteiger partial charge in [-0.2, -0.15) is 0 Å². The molecule has 0 spiro atoms. The van der Waals surface area contributed by atoms with Crippen molar-refractivity contribution in [3.63, 3.8) is 0 Å². The van der Waals surface area contributed by atoms with E-state index in [4.69, 9.17) is 16.3 Å². The molecule has 20 heavy (non-hydrogen) atoms. The molecule has 5 nitrogen and oxygen atoms in total. The van der Waals surface area contributed by atoms with Crippen LogP contribution in [0, 0.1) is 0 Å². The third kappa shape index (κ3) is 3.46. The van der Waals surface area contributed by atoms with Crippen LogP contribution in [0.2, 0.25) is 5.15 Å². The van der Waals surface area contributed by atoms with Crippen molar-refractivity contribution < 1.29 is 9.53 Å². The molecule has 0 fully saturated rings. The Bertz CT molecular complexity index is 637. The molecule has 0 aromatic carbocycles. The van der Waals surface area contributed by atoms with Crippen LogP contribution in [0.15, 0.2) is 35.1 Å². The summed E-state index contributed by atoms with van der Waals surface area (Å²) >= 11 is 9.17. The van der Waals surface area contributed by atoms with Crippen LogP contribution in [-0.2, 0) is 0 Å². The third-order valence-corrected chi connectivity index (χ3v) is 3.09. The molecule has 7 heteroatoms. The molecule has 1 amide bonds. The number of halogens is 2. The lowest BCUT2D eigenvalue weighted by molar-refractivity contribution is 0.102. The Labute approximate surface area is 129 Å². The quantitative estimate of drug-likeness (QED) is 0.851. The summed E-state index contributed by atoms with van der Waals surface area (Å²) in [4.78, 5) is 20.2. The number of carbonyl (C=O) groups is 1. The Kier molecular flexibility index (Phi) is 4.92. The molecule has 0 atom stereocenters. The van der Waals surface area contributed by atoms with Gasteiger partial charge in [0.2, 0.25) is 5.88 Å². The van der Waals surface area contributed by atoms with E-state index in [0.717, 1.165) is 0 Å². The van der Waals surface area contributed by atoms with Crippen molar-refractivity contribution in [3.05, 3.63) is 45.8 Å². The SMILES string of the molecule is CCOc1ncccc1NC(=O)c1cc(Br)cnc1Cl. The van der Waals surface area contributed by atoms with Crippen molar-refractivity contribution in [2.45, 2.75) is 6.92 Å². The zero-order chi connectivity index (χ0) is 14.5. The van der Waals surface area contributed by atoms with E-state index in [2.05, 4.69) is 31.2 Å². The minimum absolute atomic E-state index is 0.132. The number of carbonyl (C=O) groups excluding carboxylic acids is 1. The van der Waals surface area contributed by atoms with Gasteiger partial charge in [0.1, 0.15) is 10.8 Å². The van der Waals surface area contributed by atoms with Gasteiger partial charge in [-0.3, -0.25) is 4.79 Å². The Balaban J connectivity index is 2.26. The summed E-state index contributed by atoms with van der Waals surface area (Å²) in [5.41, 5.74) is 0.753. The second kappa shape index (κ2) is 6.67. The Morgan fingerprint density at radius 1 is 1.50 bits per heavy atom. The Morgan fingerprint density at radius 3 is 3.05 bits per heavy atom. The third-order valence-electron chi connectivity index (χ3n) is 2.35. The first-order valence-electron chi connectivity index (χ1n) is 5.82. The van der Waals surface area contributed by atoms with Gasteiger partial charge in [0, 0.05) is 16.9 Å². The molecule has 0 radical (unpaired) electrons. The first kappa shape index (κ1) is 14.7. The molecule has 0 aliphatic heterocycles. The smallest absolute Gasteiger partial charge is 0.258 e. The van der Waals surface area contributed by atoms with E-state index in [1.54, 1.807) is 24.4 Å². The van der Waals surface area contributed by atoms with E-state index < -0.39 is 0 Å². The number of hydrogen-bond acceptors (Lipinski definition) is 4. The maximum atomic E-state index is 12.2. The molecule has 0 saturated carbocycles. The number of ether oxygens (including phenoxy) is 1. The summed E-state index contributed by atoms with van der Waals surface area (Å²) < 4.78 is 6.01. The molecular formula is C13H11BrClN3O2. The topological polar surface area (TPSA) is 64.1 Å². The van der Waals surface area contributed by atoms with Crippen molar-refractivity contribution in [1.29, 1.82) is 0 Å². The number of aromatic nitrogens is 2. The monoisotopic (exact) mass is 355 g/mol. The predicted molar refractivity (Wildman–Crippen MR) is 80.3 cm³/mol. The van der Waals surface area contributed by atoms with Crippen LogP contribution in [-0.4, -0.2) is 22.5 Å². The van der Waals surface area contributed by atoms with Crippen LogP contribution in [0.25, 0.3) is 0 Å². The molecule has 104 valence electrons. The van der Waals surface area contributed by atoms with Crippen LogP contribution in [0.1, 0.15) is 17.3 Å². The number of nitrogens with one attached hydrogen (secondary N) is 1. The lowest BCUT2D eigenvalue weighted by Crippen LogP contribution is -2.14. The average Bonchev–Trinajstić information content (AvgIpc) is 2.44. The maximum Gasteiger partial charge on any atom is 0.258 e. The highest BCUT2D eigenvalue weighted by Gasteiger charge is 2.14. The fourth-order valence-corrected chi connectivity index (χ4v) is 2.03. The number of hydrogen-bond donors (Lipinski definition) is 1. The maximum absolute atomic E-state index is 12.2. The van der Waals surface area contributed by atoms with Crippen LogP contribution in [0.4, 0.5) is 5.69 Å². The van der Waals surface area contributed by atoms with Crippen LogP contribution < -0.4 is 10.1 Å². The van der Waals surface area contributed by atoms with Crippen molar-refractivity contribution in [1.82, 2.24) is 9.97 Å². The van der Waals surface area contributed by atoms with Gasteiger partial charge in [0.25, 0.3) is 5.91 Å². The summed E-state index contributed by atoms with van der Waals surface area (Å²) in [6.45, 7) is 2.30. The second-order valence-electron chi connectivity index (χ2n) is 3.74. The molecule has 0 bridgehead atoms. The predicted octanol–water partition coefficient (Wildman–Crippen LogP) is 3.54. The van der Waals surface area contributed by atoms with Gasteiger partial charge in [-0.25, -0.2) is 9.97 Å². The zero-order valence-corrected chi connectivity index (χ0v) is 12.9. The standard InChI is InChI=1S/C13H11BrClN3O2/c1-2-20-13-10(4-3-5-16-13)18-12(19)9-6-8(14)7-17-11(9)15/h3-7H,2H2,1H3,(H,18,19). The van der Waals surface area contributed by atoms with Crippen LogP contribution in [0.5, 0.6) is 5.88 Å². The van der Waals surface area contributed by atoms with Crippen LogP contribution >= 0.6 is 27.5 Å². The zero-order valence-electron chi connectivity index (χ0n) is 10.6. The van der Waals surface area contributed by atoms with E-state index in [1.165, 1.54) is 6.20 Å². The first-order chi connectivity index (χ1) is 9.61. The van der Waals surface area contributed by atoms with E-state index in [1.807, 2.05) is 6.92 Å². The van der Waals surface area contributed by atoms with Crippen molar-refractivity contribution in [3.8, 4) is 5.88 Å². The molecule has 2 aromatic heterocycles. The molecular weight excluding hydrogens is 346 g/mol. The normalized spacial score (nSPS) is 10.2. The molecule has 0 unspecified atom stereocenters. The van der Waals surface area contributed by atoms with Gasteiger partial charge in [-0.15, -0.1) is 0 Å². The number of nitrogens with zero attached hydrogens (tertiary/aromatic N) is 2. The van der Waals surface area contributed by atoms with E-state index in [0.29, 0.717) is 22.6 Å². The molecule has 2 heterocycles. The van der Waals surface area contributed by atoms with Gasteiger partial charge in [-0.1, -0.05) is 11.6 Å². The number of pyridine rings is 2. The molecule has 1 N–H and O–H groups in total. The lowest BCUT2D eigenvalue weighted by Gasteiger charge is -2.10. The minimum Gasteiger partial charge on any atom is -0.476 e. The largest absolute Gasteiger partial charge is 0.476 e. The molecule has 0 saturated heterocycles. The molecule has 2 aromatic rings. The molecule has 0 aliphatic carbocycles. The Morgan fingerprint density at radius 2 is 2.30 bits per heavy atom. The molecule has 2 rings (SSSR count). The summed E-state index contributed by atoms with van der Waals surface area (Å²) in [6.07, 6.45) is 3.11. The van der Waals surface area contributed by atoms with Gasteiger partial charge in [-0.05, 0) is 41.1 Å². The molecule has 0 aliphatic rings. The van der Waals surface area contributed by atoms with Gasteiger partial charge < -0.3 is 10.1 Å². The number of anilines is 1. The highest BCUT2D eigenvalue weighted by atomic mass is 79.9. The van der Waals surface area contributed by atoms with E-state index in [9.17, 15) is 4.79 Å². The highest BCUT2D eigenvalue weighted by molar-refractivity contribution is 9.10. The van der Waals surface area contributed by atoms with Crippen molar-refractivity contribution in [2.75, 3.05) is 11.9 Å². The second-order valence-corrected chi connectivity index (χ2v) is 5.01. The van der Waals surface area contributed by atoms with Crippen molar-refractivity contribution >= 4 is 39.1 Å². The van der Waals surface area contributed by atoms with Crippen molar-refractivity contribution in [2.24, 2.45) is 0 Å². The summed E-state index contributed by atoms with van der Waals surface area (Å²) in [6, 6.07) is 5.01. The van der Waals surface area contributed by atoms with Gasteiger partial charge in [0.05, 0.1) is 12.2 Å². The summed E-state index contributed by atoms with van der Waals surface area (Å²) in [7, 11) is 0. The Hall–Kier alpha value is -1.66. The summed E-state index contributed by atoms with van der Waals surface area (Å²) in [5.74, 6) is -0.0137. The fourth-order valence-electron chi connectivity index (χ4n) is 1.51. The van der Waals surface area contributed by atoms with E-state index >= 15 is 0 Å². The van der Waals surface area contributed by atoms with Crippen LogP contribution in [0.3, 0.4) is 0 Å². The number of amides is 1. The van der Waals surface area contributed by atoms with Gasteiger partial charge in [0.15, 0.2) is 0 Å². The lowest BCUT2D eigenvalue weighted by atomic mass is 10.2. The number of rotatable bonds is 4.